The highest BCUT2D eigenvalue weighted by Gasteiger charge is 2.31. The SMILES string of the molecule is NC(=O)C(C(N)=O)/C(=C\C(=O)O)C(=O)O. The average Bonchev–Trinajstić information content (AvgIpc) is 2.00. The van der Waals surface area contributed by atoms with Crippen LogP contribution in [0.15, 0.2) is 11.6 Å². The number of hydrogen-bond donors (Lipinski definition) is 4. The lowest BCUT2D eigenvalue weighted by molar-refractivity contribution is -0.139. The van der Waals surface area contributed by atoms with Crippen LogP contribution in [0, 0.1) is 5.92 Å². The van der Waals surface area contributed by atoms with E-state index in [2.05, 4.69) is 0 Å². The Balaban J connectivity index is 5.40. The van der Waals surface area contributed by atoms with Gasteiger partial charge in [-0.3, -0.25) is 9.59 Å². The molecule has 0 aromatic heterocycles. The largest absolute Gasteiger partial charge is 0.478 e. The number of aliphatic carboxylic acids is 2. The van der Waals surface area contributed by atoms with Crippen LogP contribution in [0.5, 0.6) is 0 Å². The fourth-order valence-electron chi connectivity index (χ4n) is 0.848. The molecule has 0 aliphatic heterocycles. The zero-order valence-electron chi connectivity index (χ0n) is 7.34. The number of carboxylic acid groups (broad SMARTS) is 2. The predicted molar refractivity (Wildman–Crippen MR) is 45.2 cm³/mol. The summed E-state index contributed by atoms with van der Waals surface area (Å²) in [5.74, 6) is -7.98. The van der Waals surface area contributed by atoms with Crippen LogP contribution in [-0.2, 0) is 19.2 Å². The Morgan fingerprint density at radius 2 is 1.40 bits per heavy atom. The van der Waals surface area contributed by atoms with E-state index in [-0.39, 0.29) is 6.08 Å². The molecule has 0 atom stereocenters. The van der Waals surface area contributed by atoms with E-state index >= 15 is 0 Å². The van der Waals surface area contributed by atoms with Gasteiger partial charge < -0.3 is 21.7 Å². The van der Waals surface area contributed by atoms with Crippen molar-refractivity contribution in [2.45, 2.75) is 0 Å². The Labute approximate surface area is 83.2 Å². The predicted octanol–water partition coefficient (Wildman–Crippen LogP) is -2.33. The first kappa shape index (κ1) is 12.6. The highest BCUT2D eigenvalue weighted by atomic mass is 16.4. The molecule has 0 unspecified atom stereocenters. The lowest BCUT2D eigenvalue weighted by Crippen LogP contribution is -2.38. The highest BCUT2D eigenvalue weighted by molar-refractivity contribution is 6.11. The minimum atomic E-state index is -1.96. The second kappa shape index (κ2) is 4.74. The first-order valence-electron chi connectivity index (χ1n) is 3.53. The van der Waals surface area contributed by atoms with Gasteiger partial charge in [0, 0.05) is 6.08 Å². The van der Waals surface area contributed by atoms with E-state index in [0.717, 1.165) is 0 Å². The molecule has 0 bridgehead atoms. The second-order valence-electron chi connectivity index (χ2n) is 2.48. The maximum Gasteiger partial charge on any atom is 0.333 e. The van der Waals surface area contributed by atoms with Crippen molar-refractivity contribution in [3.05, 3.63) is 11.6 Å². The van der Waals surface area contributed by atoms with Crippen molar-refractivity contribution in [1.82, 2.24) is 0 Å². The first-order valence-corrected chi connectivity index (χ1v) is 3.53. The molecule has 0 rings (SSSR count). The van der Waals surface area contributed by atoms with E-state index in [1.54, 1.807) is 0 Å². The van der Waals surface area contributed by atoms with E-state index in [9.17, 15) is 19.2 Å². The summed E-state index contributed by atoms with van der Waals surface area (Å²) >= 11 is 0. The van der Waals surface area contributed by atoms with E-state index in [0.29, 0.717) is 0 Å². The van der Waals surface area contributed by atoms with Crippen LogP contribution in [0.3, 0.4) is 0 Å². The number of carboxylic acids is 2. The van der Waals surface area contributed by atoms with Gasteiger partial charge in [0.2, 0.25) is 11.8 Å². The van der Waals surface area contributed by atoms with Gasteiger partial charge in [-0.1, -0.05) is 0 Å². The zero-order valence-corrected chi connectivity index (χ0v) is 7.34. The number of nitrogens with two attached hydrogens (primary N) is 2. The van der Waals surface area contributed by atoms with Gasteiger partial charge in [0.15, 0.2) is 0 Å². The molecule has 8 heteroatoms. The van der Waals surface area contributed by atoms with Crippen molar-refractivity contribution in [2.24, 2.45) is 17.4 Å². The normalized spacial score (nSPS) is 11.1. The zero-order chi connectivity index (χ0) is 12.2. The smallest absolute Gasteiger partial charge is 0.333 e. The summed E-state index contributed by atoms with van der Waals surface area (Å²) in [6.45, 7) is 0. The van der Waals surface area contributed by atoms with Gasteiger partial charge >= 0.3 is 11.9 Å². The molecule has 0 heterocycles. The molecule has 82 valence electrons. The van der Waals surface area contributed by atoms with Crippen molar-refractivity contribution < 1.29 is 29.4 Å². The molecule has 0 spiro atoms. The summed E-state index contributed by atoms with van der Waals surface area (Å²) in [6.07, 6.45) is 0.197. The number of primary amides is 2. The molecule has 0 aromatic carbocycles. The fourth-order valence-corrected chi connectivity index (χ4v) is 0.848. The summed E-state index contributed by atoms with van der Waals surface area (Å²) in [5.41, 5.74) is 8.46. The molecule has 0 aliphatic rings. The van der Waals surface area contributed by atoms with Gasteiger partial charge in [0.1, 0.15) is 5.92 Å². The Morgan fingerprint density at radius 1 is 1.00 bits per heavy atom. The van der Waals surface area contributed by atoms with E-state index in [1.807, 2.05) is 0 Å². The average molecular weight is 216 g/mol. The van der Waals surface area contributed by atoms with Gasteiger partial charge in [-0.2, -0.15) is 0 Å². The molecule has 0 fully saturated rings. The molecule has 8 nitrogen and oxygen atoms in total. The standard InChI is InChI=1S/C7H8N2O6/c8-5(12)4(6(9)13)2(7(14)15)1-3(10)11/h1,4H,(H2,8,12)(H2,9,13)(H,10,11)(H,14,15)/b2-1+. The number of carbonyl (C=O) groups excluding carboxylic acids is 2. The Morgan fingerprint density at radius 3 is 1.60 bits per heavy atom. The molecule has 0 saturated carbocycles. The van der Waals surface area contributed by atoms with Gasteiger partial charge in [-0.25, -0.2) is 9.59 Å². The molecule has 0 aliphatic carbocycles. The Hall–Kier alpha value is -2.38. The third kappa shape index (κ3) is 3.46. The maximum atomic E-state index is 10.7. The van der Waals surface area contributed by atoms with Gasteiger partial charge in [-0.05, 0) is 0 Å². The summed E-state index contributed by atoms with van der Waals surface area (Å²) in [7, 11) is 0. The number of amides is 2. The van der Waals surface area contributed by atoms with Gasteiger partial charge in [-0.15, -0.1) is 0 Å². The Bertz CT molecular complexity index is 344. The summed E-state index contributed by atoms with van der Waals surface area (Å²) in [4.78, 5) is 42.1. The van der Waals surface area contributed by atoms with Crippen molar-refractivity contribution in [2.75, 3.05) is 0 Å². The molecule has 2 amide bonds. The van der Waals surface area contributed by atoms with Crippen molar-refractivity contribution >= 4 is 23.8 Å². The van der Waals surface area contributed by atoms with Crippen molar-refractivity contribution in [3.63, 3.8) is 0 Å². The summed E-state index contributed by atoms with van der Waals surface area (Å²) in [6, 6.07) is 0. The molecule has 0 radical (unpaired) electrons. The Kier molecular flexibility index (Phi) is 3.99. The van der Waals surface area contributed by atoms with Crippen LogP contribution < -0.4 is 11.5 Å². The van der Waals surface area contributed by atoms with Crippen LogP contribution in [0.2, 0.25) is 0 Å². The third-order valence-corrected chi connectivity index (χ3v) is 1.41. The molecule has 0 saturated heterocycles. The van der Waals surface area contributed by atoms with Crippen molar-refractivity contribution in [1.29, 1.82) is 0 Å². The second-order valence-corrected chi connectivity index (χ2v) is 2.48. The van der Waals surface area contributed by atoms with E-state index in [4.69, 9.17) is 21.7 Å². The van der Waals surface area contributed by atoms with Gasteiger partial charge in [0.25, 0.3) is 0 Å². The lowest BCUT2D eigenvalue weighted by Gasteiger charge is -2.08. The van der Waals surface area contributed by atoms with Crippen LogP contribution in [-0.4, -0.2) is 34.0 Å². The minimum Gasteiger partial charge on any atom is -0.478 e. The van der Waals surface area contributed by atoms with Crippen molar-refractivity contribution in [3.8, 4) is 0 Å². The quantitative estimate of drug-likeness (QED) is 0.297. The topological polar surface area (TPSA) is 161 Å². The minimum absolute atomic E-state index is 0.197. The summed E-state index contributed by atoms with van der Waals surface area (Å²) in [5, 5.41) is 16.8. The van der Waals surface area contributed by atoms with E-state index < -0.39 is 35.2 Å². The molecular formula is C7H8N2O6. The third-order valence-electron chi connectivity index (χ3n) is 1.41. The fraction of sp³-hybridized carbons (Fsp3) is 0.143. The van der Waals surface area contributed by atoms with Crippen LogP contribution in [0.4, 0.5) is 0 Å². The molecule has 15 heavy (non-hydrogen) atoms. The van der Waals surface area contributed by atoms with Gasteiger partial charge in [0.05, 0.1) is 5.57 Å². The lowest BCUT2D eigenvalue weighted by atomic mass is 9.97. The van der Waals surface area contributed by atoms with E-state index in [1.165, 1.54) is 0 Å². The van der Waals surface area contributed by atoms with Crippen LogP contribution in [0.25, 0.3) is 0 Å². The number of hydrogen-bond acceptors (Lipinski definition) is 4. The number of carbonyl (C=O) groups is 4. The monoisotopic (exact) mass is 216 g/mol. The first-order chi connectivity index (χ1) is 6.77. The summed E-state index contributed by atoms with van der Waals surface area (Å²) < 4.78 is 0. The van der Waals surface area contributed by atoms with Crippen LogP contribution in [0.1, 0.15) is 0 Å². The highest BCUT2D eigenvalue weighted by Crippen LogP contribution is 2.10. The maximum absolute atomic E-state index is 10.7. The molecular weight excluding hydrogens is 208 g/mol. The molecule has 0 aromatic rings. The van der Waals surface area contributed by atoms with Crippen LogP contribution >= 0.6 is 0 Å². The number of rotatable bonds is 5. The molecule has 6 N–H and O–H groups in total.